The summed E-state index contributed by atoms with van der Waals surface area (Å²) >= 11 is 0. The van der Waals surface area contributed by atoms with Gasteiger partial charge in [0.2, 0.25) is 0 Å². The Morgan fingerprint density at radius 3 is 2.48 bits per heavy atom. The molecule has 5 heteroatoms. The highest BCUT2D eigenvalue weighted by atomic mass is 16.3. The minimum absolute atomic E-state index is 0.227. The van der Waals surface area contributed by atoms with Gasteiger partial charge in [0.1, 0.15) is 0 Å². The van der Waals surface area contributed by atoms with Crippen LogP contribution in [0.3, 0.4) is 0 Å². The van der Waals surface area contributed by atoms with E-state index in [0.717, 1.165) is 31.4 Å². The summed E-state index contributed by atoms with van der Waals surface area (Å²) in [6, 6.07) is 7.31. The minimum Gasteiger partial charge on any atom is -0.396 e. The molecule has 2 amide bonds. The fourth-order valence-corrected chi connectivity index (χ4v) is 2.40. The quantitative estimate of drug-likeness (QED) is 0.564. The number of aliphatic hydroxyl groups is 1. The smallest absolute Gasteiger partial charge is 0.316 e. The molecule has 5 N–H and O–H groups in total. The summed E-state index contributed by atoms with van der Waals surface area (Å²) in [6.45, 7) is 5.42. The molecule has 21 heavy (non-hydrogen) atoms. The molecule has 5 nitrogen and oxygen atoms in total. The second-order valence-corrected chi connectivity index (χ2v) is 5.41. The van der Waals surface area contributed by atoms with E-state index in [1.54, 1.807) is 0 Å². The fourth-order valence-electron chi connectivity index (χ4n) is 2.40. The number of benzene rings is 1. The summed E-state index contributed by atoms with van der Waals surface area (Å²) in [5, 5.41) is 15.1. The lowest BCUT2D eigenvalue weighted by Crippen LogP contribution is -2.26. The van der Waals surface area contributed by atoms with Crippen molar-refractivity contribution in [1.82, 2.24) is 5.32 Å². The van der Waals surface area contributed by atoms with Gasteiger partial charge in [0.15, 0.2) is 0 Å². The average Bonchev–Trinajstić information content (AvgIpc) is 2.45. The number of primary amides is 1. The lowest BCUT2D eigenvalue weighted by Gasteiger charge is -2.20. The third kappa shape index (κ3) is 6.60. The first-order chi connectivity index (χ1) is 10.1. The van der Waals surface area contributed by atoms with Gasteiger partial charge in [0.05, 0.1) is 0 Å². The average molecular weight is 293 g/mol. The van der Waals surface area contributed by atoms with Gasteiger partial charge in [-0.1, -0.05) is 25.5 Å². The van der Waals surface area contributed by atoms with E-state index >= 15 is 0 Å². The third-order valence-electron chi connectivity index (χ3n) is 3.63. The highest BCUT2D eigenvalue weighted by Gasteiger charge is 2.10. The Hall–Kier alpha value is -1.59. The monoisotopic (exact) mass is 293 g/mol. The van der Waals surface area contributed by atoms with Gasteiger partial charge >= 0.3 is 6.03 Å². The summed E-state index contributed by atoms with van der Waals surface area (Å²) in [7, 11) is 0. The van der Waals surface area contributed by atoms with Crippen LogP contribution < -0.4 is 16.4 Å². The largest absolute Gasteiger partial charge is 0.396 e. The highest BCUT2D eigenvalue weighted by Crippen LogP contribution is 2.17. The zero-order valence-electron chi connectivity index (χ0n) is 12.9. The van der Waals surface area contributed by atoms with Crippen LogP contribution in [0.2, 0.25) is 0 Å². The molecule has 0 bridgehead atoms. The number of urea groups is 1. The number of rotatable bonds is 9. The van der Waals surface area contributed by atoms with Gasteiger partial charge in [-0.15, -0.1) is 0 Å². The molecule has 0 radical (unpaired) electrons. The maximum Gasteiger partial charge on any atom is 0.316 e. The number of nitrogens with one attached hydrogen (secondary N) is 2. The minimum atomic E-state index is -0.555. The maximum absolute atomic E-state index is 10.8. The summed E-state index contributed by atoms with van der Waals surface area (Å²) in [5.74, 6) is 0.512. The molecule has 0 aromatic heterocycles. The van der Waals surface area contributed by atoms with Gasteiger partial charge in [-0.2, -0.15) is 0 Å². The summed E-state index contributed by atoms with van der Waals surface area (Å²) < 4.78 is 0. The van der Waals surface area contributed by atoms with Crippen molar-refractivity contribution in [3.05, 3.63) is 29.8 Å². The van der Waals surface area contributed by atoms with Crippen molar-refractivity contribution in [2.45, 2.75) is 39.2 Å². The van der Waals surface area contributed by atoms with Crippen LogP contribution in [-0.2, 0) is 0 Å². The van der Waals surface area contributed by atoms with Crippen LogP contribution in [0.5, 0.6) is 0 Å². The van der Waals surface area contributed by atoms with E-state index in [4.69, 9.17) is 10.8 Å². The number of nitrogens with two attached hydrogens (primary N) is 1. The molecular formula is C16H27N3O2. The lowest BCUT2D eigenvalue weighted by atomic mass is 9.99. The molecule has 0 aliphatic carbocycles. The van der Waals surface area contributed by atoms with Gasteiger partial charge in [-0.3, -0.25) is 0 Å². The second-order valence-electron chi connectivity index (χ2n) is 5.41. The predicted molar refractivity (Wildman–Crippen MR) is 86.2 cm³/mol. The van der Waals surface area contributed by atoms with E-state index in [1.807, 2.05) is 24.3 Å². The van der Waals surface area contributed by atoms with Crippen molar-refractivity contribution in [3.8, 4) is 0 Å². The number of carbonyl (C=O) groups excluding carboxylic acids is 1. The maximum atomic E-state index is 10.8. The van der Waals surface area contributed by atoms with E-state index in [-0.39, 0.29) is 12.6 Å². The SMILES string of the molecule is CCCC(CCO)CNC(C)c1ccc(NC(N)=O)cc1. The van der Waals surface area contributed by atoms with E-state index in [2.05, 4.69) is 24.5 Å². The number of carbonyl (C=O) groups is 1. The highest BCUT2D eigenvalue weighted by molar-refractivity contribution is 5.87. The van der Waals surface area contributed by atoms with E-state index in [9.17, 15) is 4.79 Å². The fraction of sp³-hybridized carbons (Fsp3) is 0.562. The topological polar surface area (TPSA) is 87.4 Å². The van der Waals surface area contributed by atoms with Crippen molar-refractivity contribution in [2.24, 2.45) is 11.7 Å². The zero-order chi connectivity index (χ0) is 15.7. The van der Waals surface area contributed by atoms with Gasteiger partial charge in [0.25, 0.3) is 0 Å². The first kappa shape index (κ1) is 17.5. The third-order valence-corrected chi connectivity index (χ3v) is 3.63. The Bertz CT molecular complexity index is 414. The Balaban J connectivity index is 2.50. The molecule has 0 saturated heterocycles. The summed E-state index contributed by atoms with van der Waals surface area (Å²) in [4.78, 5) is 10.8. The van der Waals surface area contributed by atoms with Crippen molar-refractivity contribution >= 4 is 11.7 Å². The molecule has 1 aromatic carbocycles. The Morgan fingerprint density at radius 1 is 1.29 bits per heavy atom. The molecule has 2 atom stereocenters. The van der Waals surface area contributed by atoms with E-state index in [1.165, 1.54) is 0 Å². The first-order valence-corrected chi connectivity index (χ1v) is 7.57. The van der Waals surface area contributed by atoms with Crippen molar-refractivity contribution in [2.75, 3.05) is 18.5 Å². The second kappa shape index (κ2) is 9.37. The molecule has 1 aromatic rings. The lowest BCUT2D eigenvalue weighted by molar-refractivity contribution is 0.246. The number of amides is 2. The number of hydrogen-bond acceptors (Lipinski definition) is 3. The first-order valence-electron chi connectivity index (χ1n) is 7.57. The normalized spacial score (nSPS) is 13.7. The van der Waals surface area contributed by atoms with Crippen molar-refractivity contribution in [3.63, 3.8) is 0 Å². The molecule has 118 valence electrons. The van der Waals surface area contributed by atoms with Gasteiger partial charge in [0, 0.05) is 18.3 Å². The van der Waals surface area contributed by atoms with Crippen LogP contribution in [0.1, 0.15) is 44.7 Å². The molecule has 0 heterocycles. The predicted octanol–water partition coefficient (Wildman–Crippen LogP) is 2.63. The number of hydrogen-bond donors (Lipinski definition) is 4. The van der Waals surface area contributed by atoms with Crippen LogP contribution in [0, 0.1) is 5.92 Å². The standard InChI is InChI=1S/C16H27N3O2/c1-3-4-13(9-10-20)11-18-12(2)14-5-7-15(8-6-14)19-16(17)21/h5-8,12-13,18,20H,3-4,9-11H2,1-2H3,(H3,17,19,21). The van der Waals surface area contributed by atoms with E-state index < -0.39 is 6.03 Å². The van der Waals surface area contributed by atoms with E-state index in [0.29, 0.717) is 11.6 Å². The Morgan fingerprint density at radius 2 is 1.95 bits per heavy atom. The van der Waals surface area contributed by atoms with Gasteiger partial charge in [-0.05, 0) is 49.9 Å². The van der Waals surface area contributed by atoms with Gasteiger partial charge in [-0.25, -0.2) is 4.79 Å². The zero-order valence-corrected chi connectivity index (χ0v) is 12.9. The summed E-state index contributed by atoms with van der Waals surface area (Å²) in [6.07, 6.45) is 3.10. The molecule has 0 spiro atoms. The molecule has 2 unspecified atom stereocenters. The molecule has 1 rings (SSSR count). The molecule has 0 saturated carbocycles. The number of anilines is 1. The summed E-state index contributed by atoms with van der Waals surface area (Å²) in [5.41, 5.74) is 6.93. The van der Waals surface area contributed by atoms with Crippen LogP contribution in [-0.4, -0.2) is 24.3 Å². The Kier molecular flexibility index (Phi) is 7.79. The van der Waals surface area contributed by atoms with Crippen molar-refractivity contribution in [1.29, 1.82) is 0 Å². The van der Waals surface area contributed by atoms with Crippen LogP contribution >= 0.6 is 0 Å². The van der Waals surface area contributed by atoms with Crippen LogP contribution in [0.15, 0.2) is 24.3 Å². The number of aliphatic hydroxyl groups excluding tert-OH is 1. The van der Waals surface area contributed by atoms with Crippen molar-refractivity contribution < 1.29 is 9.90 Å². The molecule has 0 aliphatic rings. The van der Waals surface area contributed by atoms with Crippen LogP contribution in [0.25, 0.3) is 0 Å². The molecule has 0 fully saturated rings. The van der Waals surface area contributed by atoms with Gasteiger partial charge < -0.3 is 21.5 Å². The Labute approximate surface area is 126 Å². The molecular weight excluding hydrogens is 266 g/mol. The molecule has 0 aliphatic heterocycles. The van der Waals surface area contributed by atoms with Crippen LogP contribution in [0.4, 0.5) is 10.5 Å².